The van der Waals surface area contributed by atoms with E-state index < -0.39 is 5.38 Å². The van der Waals surface area contributed by atoms with E-state index in [1.54, 1.807) is 26.8 Å². The van der Waals surface area contributed by atoms with Crippen molar-refractivity contribution < 1.29 is 4.79 Å². The SMILES string of the molecule is Cc1nc(-n2nc(-c3cccs3)cc2NC(=O)C(C)Cl)[nH]c(=O)c1C. The average Bonchev–Trinajstić information content (AvgIpc) is 3.21. The van der Waals surface area contributed by atoms with Gasteiger partial charge in [0.25, 0.3) is 5.56 Å². The summed E-state index contributed by atoms with van der Waals surface area (Å²) in [6.07, 6.45) is 0. The number of hydrogen-bond acceptors (Lipinski definition) is 5. The summed E-state index contributed by atoms with van der Waals surface area (Å²) in [5.41, 5.74) is 1.54. The van der Waals surface area contributed by atoms with Crippen LogP contribution in [0.15, 0.2) is 28.4 Å². The Morgan fingerprint density at radius 3 is 2.80 bits per heavy atom. The van der Waals surface area contributed by atoms with Gasteiger partial charge in [-0.3, -0.25) is 14.6 Å². The number of aromatic amines is 1. The summed E-state index contributed by atoms with van der Waals surface area (Å²) in [5, 5.41) is 8.43. The number of thiophene rings is 1. The fourth-order valence-electron chi connectivity index (χ4n) is 2.13. The van der Waals surface area contributed by atoms with Crippen LogP contribution in [0.1, 0.15) is 18.2 Å². The molecule has 1 atom stereocenters. The van der Waals surface area contributed by atoms with Crippen molar-refractivity contribution in [2.75, 3.05) is 5.32 Å². The number of aromatic nitrogens is 4. The quantitative estimate of drug-likeness (QED) is 0.684. The minimum absolute atomic E-state index is 0.230. The highest BCUT2D eigenvalue weighted by molar-refractivity contribution is 7.13. The first-order valence-electron chi connectivity index (χ1n) is 7.53. The molecule has 0 bridgehead atoms. The molecule has 0 aromatic carbocycles. The predicted octanol–water partition coefficient (Wildman–Crippen LogP) is 2.87. The highest BCUT2D eigenvalue weighted by Crippen LogP contribution is 2.27. The number of alkyl halides is 1. The fraction of sp³-hybridized carbons (Fsp3) is 0.250. The first-order chi connectivity index (χ1) is 11.9. The van der Waals surface area contributed by atoms with Crippen LogP contribution in [-0.4, -0.2) is 31.0 Å². The lowest BCUT2D eigenvalue weighted by Gasteiger charge is -2.09. The number of hydrogen-bond donors (Lipinski definition) is 2. The Bertz CT molecular complexity index is 975. The molecule has 25 heavy (non-hydrogen) atoms. The summed E-state index contributed by atoms with van der Waals surface area (Å²) in [6, 6.07) is 5.55. The average molecular weight is 378 g/mol. The van der Waals surface area contributed by atoms with Crippen LogP contribution in [0.2, 0.25) is 0 Å². The summed E-state index contributed by atoms with van der Waals surface area (Å²) in [7, 11) is 0. The number of aryl methyl sites for hydroxylation is 1. The maximum atomic E-state index is 12.1. The largest absolute Gasteiger partial charge is 0.309 e. The van der Waals surface area contributed by atoms with E-state index in [0.29, 0.717) is 22.8 Å². The van der Waals surface area contributed by atoms with Crippen LogP contribution in [0.25, 0.3) is 16.5 Å². The molecule has 0 fully saturated rings. The number of carbonyl (C=O) groups is 1. The number of halogens is 1. The second kappa shape index (κ2) is 6.81. The minimum atomic E-state index is -0.708. The molecule has 0 aliphatic rings. The highest BCUT2D eigenvalue weighted by Gasteiger charge is 2.18. The van der Waals surface area contributed by atoms with Crippen molar-refractivity contribution in [3.05, 3.63) is 45.2 Å². The van der Waals surface area contributed by atoms with Crippen LogP contribution >= 0.6 is 22.9 Å². The van der Waals surface area contributed by atoms with E-state index in [1.165, 1.54) is 16.0 Å². The van der Waals surface area contributed by atoms with Gasteiger partial charge in [-0.15, -0.1) is 22.9 Å². The molecule has 3 heterocycles. The molecule has 0 spiro atoms. The van der Waals surface area contributed by atoms with Gasteiger partial charge in [-0.2, -0.15) is 9.78 Å². The number of rotatable bonds is 4. The molecule has 1 unspecified atom stereocenters. The third kappa shape index (κ3) is 3.49. The summed E-state index contributed by atoms with van der Waals surface area (Å²) in [4.78, 5) is 32.1. The van der Waals surface area contributed by atoms with Crippen molar-refractivity contribution in [1.82, 2.24) is 19.7 Å². The Kier molecular flexibility index (Phi) is 4.73. The molecule has 7 nitrogen and oxygen atoms in total. The maximum absolute atomic E-state index is 12.1. The Hall–Kier alpha value is -2.45. The molecule has 9 heteroatoms. The standard InChI is InChI=1S/C16H16ClN5O2S/c1-8-10(3)18-16(20-14(8)23)22-13(19-15(24)9(2)17)7-11(21-22)12-5-4-6-25-12/h4-7,9H,1-3H3,(H,19,24)(H,18,20,23). The van der Waals surface area contributed by atoms with Crippen molar-refractivity contribution in [2.45, 2.75) is 26.1 Å². The second-order valence-corrected chi connectivity index (χ2v) is 7.11. The molecule has 0 saturated carbocycles. The lowest BCUT2D eigenvalue weighted by Crippen LogP contribution is -2.24. The molecule has 0 aliphatic heterocycles. The van der Waals surface area contributed by atoms with Crippen molar-refractivity contribution in [1.29, 1.82) is 0 Å². The molecule has 0 aliphatic carbocycles. The molecule has 3 rings (SSSR count). The van der Waals surface area contributed by atoms with E-state index in [9.17, 15) is 9.59 Å². The third-order valence-corrected chi connectivity index (χ3v) is 4.77. The molecule has 1 amide bonds. The minimum Gasteiger partial charge on any atom is -0.309 e. The maximum Gasteiger partial charge on any atom is 0.255 e. The smallest absolute Gasteiger partial charge is 0.255 e. The lowest BCUT2D eigenvalue weighted by molar-refractivity contribution is -0.115. The van der Waals surface area contributed by atoms with E-state index in [4.69, 9.17) is 11.6 Å². The topological polar surface area (TPSA) is 92.7 Å². The van der Waals surface area contributed by atoms with Crippen LogP contribution in [0.5, 0.6) is 0 Å². The van der Waals surface area contributed by atoms with E-state index >= 15 is 0 Å². The van der Waals surface area contributed by atoms with E-state index in [-0.39, 0.29) is 17.4 Å². The van der Waals surface area contributed by atoms with Crippen LogP contribution < -0.4 is 10.9 Å². The molecule has 0 radical (unpaired) electrons. The Labute approximate surface area is 152 Å². The fourth-order valence-corrected chi connectivity index (χ4v) is 2.87. The molecule has 3 aromatic heterocycles. The van der Waals surface area contributed by atoms with Gasteiger partial charge < -0.3 is 5.32 Å². The van der Waals surface area contributed by atoms with Crippen LogP contribution in [-0.2, 0) is 4.79 Å². The van der Waals surface area contributed by atoms with Gasteiger partial charge in [-0.1, -0.05) is 6.07 Å². The number of nitrogens with zero attached hydrogens (tertiary/aromatic N) is 3. The first kappa shape index (κ1) is 17.4. The monoisotopic (exact) mass is 377 g/mol. The number of carbonyl (C=O) groups excluding carboxylic acids is 1. The normalized spacial score (nSPS) is 12.2. The van der Waals surface area contributed by atoms with Crippen molar-refractivity contribution in [3.8, 4) is 16.5 Å². The predicted molar refractivity (Wildman–Crippen MR) is 98.7 cm³/mol. The first-order valence-corrected chi connectivity index (χ1v) is 8.85. The second-order valence-electron chi connectivity index (χ2n) is 5.51. The van der Waals surface area contributed by atoms with Gasteiger partial charge in [0.1, 0.15) is 16.9 Å². The van der Waals surface area contributed by atoms with Gasteiger partial charge in [0.05, 0.1) is 4.88 Å². The molecular weight excluding hydrogens is 362 g/mol. The van der Waals surface area contributed by atoms with Gasteiger partial charge in [0.2, 0.25) is 11.9 Å². The molecule has 3 aromatic rings. The number of nitrogens with one attached hydrogen (secondary N) is 2. The summed E-state index contributed by atoms with van der Waals surface area (Å²) in [6.45, 7) is 5.02. The molecule has 2 N–H and O–H groups in total. The lowest BCUT2D eigenvalue weighted by atomic mass is 10.3. The van der Waals surface area contributed by atoms with E-state index in [0.717, 1.165) is 4.88 Å². The Balaban J connectivity index is 2.13. The van der Waals surface area contributed by atoms with Gasteiger partial charge >= 0.3 is 0 Å². The zero-order chi connectivity index (χ0) is 18.1. The van der Waals surface area contributed by atoms with Gasteiger partial charge in [-0.25, -0.2) is 4.98 Å². The highest BCUT2D eigenvalue weighted by atomic mass is 35.5. The number of anilines is 1. The summed E-state index contributed by atoms with van der Waals surface area (Å²) < 4.78 is 1.40. The molecular formula is C16H16ClN5O2S. The van der Waals surface area contributed by atoms with Crippen LogP contribution in [0.4, 0.5) is 5.82 Å². The van der Waals surface area contributed by atoms with Crippen molar-refractivity contribution >= 4 is 34.7 Å². The van der Waals surface area contributed by atoms with E-state index in [1.807, 2.05) is 17.5 Å². The third-order valence-electron chi connectivity index (χ3n) is 3.68. The Morgan fingerprint density at radius 2 is 2.20 bits per heavy atom. The van der Waals surface area contributed by atoms with Gasteiger partial charge in [-0.05, 0) is 32.2 Å². The zero-order valence-corrected chi connectivity index (χ0v) is 15.4. The van der Waals surface area contributed by atoms with Crippen LogP contribution in [0, 0.1) is 13.8 Å². The van der Waals surface area contributed by atoms with Gasteiger partial charge in [0, 0.05) is 17.3 Å². The van der Waals surface area contributed by atoms with Crippen LogP contribution in [0.3, 0.4) is 0 Å². The molecule has 130 valence electrons. The van der Waals surface area contributed by atoms with E-state index in [2.05, 4.69) is 20.4 Å². The summed E-state index contributed by atoms with van der Waals surface area (Å²) >= 11 is 7.36. The number of amides is 1. The zero-order valence-electron chi connectivity index (χ0n) is 13.8. The molecule has 0 saturated heterocycles. The summed E-state index contributed by atoms with van der Waals surface area (Å²) in [5.74, 6) is 0.243. The number of H-pyrrole nitrogens is 1. The van der Waals surface area contributed by atoms with Gasteiger partial charge in [0.15, 0.2) is 0 Å². The van der Waals surface area contributed by atoms with Crippen molar-refractivity contribution in [2.24, 2.45) is 0 Å². The Morgan fingerprint density at radius 1 is 1.44 bits per heavy atom. The van der Waals surface area contributed by atoms with Crippen molar-refractivity contribution in [3.63, 3.8) is 0 Å².